The van der Waals surface area contributed by atoms with Gasteiger partial charge >= 0.3 is 5.97 Å². The number of benzene rings is 1. The molecule has 40 heavy (non-hydrogen) atoms. The minimum absolute atomic E-state index is 0.0638. The first kappa shape index (κ1) is 28.5. The Morgan fingerprint density at radius 3 is 2.58 bits per heavy atom. The van der Waals surface area contributed by atoms with E-state index in [1.54, 1.807) is 11.0 Å². The number of carbonyl (C=O) groups excluding carboxylic acids is 4. The molecule has 0 saturated carbocycles. The maximum absolute atomic E-state index is 14.2. The number of nitrogens with one attached hydrogen (secondary N) is 1. The van der Waals surface area contributed by atoms with E-state index in [0.717, 1.165) is 5.56 Å². The van der Waals surface area contributed by atoms with Gasteiger partial charge in [-0.1, -0.05) is 58.4 Å². The van der Waals surface area contributed by atoms with Crippen LogP contribution in [0, 0.1) is 11.8 Å². The number of amides is 3. The Morgan fingerprint density at radius 2 is 1.88 bits per heavy atom. The molecule has 5 bridgehead atoms. The summed E-state index contributed by atoms with van der Waals surface area (Å²) in [7, 11) is 0. The van der Waals surface area contributed by atoms with E-state index in [-0.39, 0.29) is 44.7 Å². The molecule has 0 unspecified atom stereocenters. The van der Waals surface area contributed by atoms with E-state index >= 15 is 0 Å². The van der Waals surface area contributed by atoms with Gasteiger partial charge in [0.25, 0.3) is 0 Å². The molecule has 3 amide bonds. The lowest BCUT2D eigenvalue weighted by atomic mass is 9.74. The molecule has 11 heteroatoms. The van der Waals surface area contributed by atoms with Crippen molar-refractivity contribution in [2.75, 3.05) is 26.3 Å². The quantitative estimate of drug-likeness (QED) is 0.391. The van der Waals surface area contributed by atoms with Crippen molar-refractivity contribution in [3.8, 4) is 0 Å². The van der Waals surface area contributed by atoms with Gasteiger partial charge in [0, 0.05) is 30.0 Å². The van der Waals surface area contributed by atoms with E-state index < -0.39 is 53.4 Å². The number of hydrogen-bond donors (Lipinski definition) is 2. The number of ether oxygens (including phenoxy) is 2. The van der Waals surface area contributed by atoms with Gasteiger partial charge in [-0.2, -0.15) is 0 Å². The number of allylic oxidation sites excluding steroid dienone is 1. The summed E-state index contributed by atoms with van der Waals surface area (Å²) in [5.41, 5.74) is -0.621. The van der Waals surface area contributed by atoms with Crippen molar-refractivity contribution >= 4 is 39.6 Å². The van der Waals surface area contributed by atoms with Crippen LogP contribution in [0.3, 0.4) is 0 Å². The molecule has 0 aliphatic carbocycles. The minimum Gasteiger partial charge on any atom is -0.463 e. The van der Waals surface area contributed by atoms with Crippen molar-refractivity contribution in [3.63, 3.8) is 0 Å². The average Bonchev–Trinajstić information content (AvgIpc) is 3.51. The number of likely N-dealkylation sites (tertiary alicyclic amines) is 1. The van der Waals surface area contributed by atoms with Crippen molar-refractivity contribution in [2.24, 2.45) is 11.8 Å². The summed E-state index contributed by atoms with van der Waals surface area (Å²) in [6.45, 7) is 3.55. The molecule has 4 aliphatic heterocycles. The van der Waals surface area contributed by atoms with Crippen LogP contribution in [0.5, 0.6) is 0 Å². The summed E-state index contributed by atoms with van der Waals surface area (Å²) in [4.78, 5) is 57.6. The van der Waals surface area contributed by atoms with Crippen molar-refractivity contribution in [3.05, 3.63) is 58.6 Å². The number of cyclic esters (lactones) is 1. The first-order chi connectivity index (χ1) is 19.2. The van der Waals surface area contributed by atoms with Crippen molar-refractivity contribution in [1.29, 1.82) is 0 Å². The molecule has 10 nitrogen and oxygen atoms in total. The summed E-state index contributed by atoms with van der Waals surface area (Å²) in [5, 5.41) is 12.8. The number of rotatable bonds is 4. The zero-order valence-electron chi connectivity index (χ0n) is 22.5. The molecule has 1 aromatic rings. The molecular weight excluding hydrogens is 582 g/mol. The smallest absolute Gasteiger partial charge is 0.306 e. The van der Waals surface area contributed by atoms with Crippen LogP contribution in [0.1, 0.15) is 38.3 Å². The minimum atomic E-state index is -1.37. The molecule has 2 saturated heterocycles. The van der Waals surface area contributed by atoms with Crippen molar-refractivity contribution in [2.45, 2.75) is 56.5 Å². The second-order valence-corrected chi connectivity index (χ2v) is 11.7. The van der Waals surface area contributed by atoms with Gasteiger partial charge in [0.2, 0.25) is 17.7 Å². The fourth-order valence-corrected chi connectivity index (χ4v) is 7.02. The van der Waals surface area contributed by atoms with Gasteiger partial charge < -0.3 is 29.7 Å². The molecule has 0 radical (unpaired) electrons. The van der Waals surface area contributed by atoms with E-state index in [1.165, 1.54) is 4.90 Å². The van der Waals surface area contributed by atoms with Gasteiger partial charge in [-0.3, -0.25) is 19.2 Å². The van der Waals surface area contributed by atoms with Gasteiger partial charge in [0.15, 0.2) is 0 Å². The molecule has 1 aromatic carbocycles. The summed E-state index contributed by atoms with van der Waals surface area (Å²) in [5.74, 6) is -3.47. The Hall–Kier alpha value is -3.02. The molecule has 1 spiro atoms. The van der Waals surface area contributed by atoms with Gasteiger partial charge in [0.1, 0.15) is 24.4 Å². The van der Waals surface area contributed by atoms with Crippen LogP contribution in [0.25, 0.3) is 0 Å². The second-order valence-electron chi connectivity index (χ2n) is 10.8. The number of halogens is 1. The van der Waals surface area contributed by atoms with Crippen LogP contribution >= 0.6 is 15.9 Å². The van der Waals surface area contributed by atoms with E-state index in [1.807, 2.05) is 56.3 Å². The summed E-state index contributed by atoms with van der Waals surface area (Å²) in [6, 6.07) is 7.26. The number of hydrogen-bond acceptors (Lipinski definition) is 7. The predicted molar refractivity (Wildman–Crippen MR) is 148 cm³/mol. The van der Waals surface area contributed by atoms with Crippen molar-refractivity contribution in [1.82, 2.24) is 15.1 Å². The topological polar surface area (TPSA) is 125 Å². The van der Waals surface area contributed by atoms with Gasteiger partial charge in [-0.25, -0.2) is 0 Å². The number of nitrogens with zero attached hydrogens (tertiary/aromatic N) is 2. The zero-order valence-corrected chi connectivity index (χ0v) is 24.1. The lowest BCUT2D eigenvalue weighted by Gasteiger charge is -2.37. The lowest BCUT2D eigenvalue weighted by Crippen LogP contribution is -2.57. The fraction of sp³-hybridized carbons (Fsp3) is 0.517. The fourth-order valence-electron chi connectivity index (χ4n) is 6.29. The Labute approximate surface area is 241 Å². The normalized spacial score (nSPS) is 33.6. The number of fused-ring (bicyclic) bond motifs is 2. The Bertz CT molecular complexity index is 1240. The molecule has 5 rings (SSSR count). The number of carbonyl (C=O) groups is 4. The standard InChI is InChI=1S/C29H34BrN3O7/c1-17(2)32-12-8-4-7-11-21(35)39-16-20(18-9-5-3-6-10-18)31-26(36)22-23-27(37)33(13-14-34)25(28(32)38)29(23)15-19(30)24(22)40-29/h3-6,8-10,15,17,20,22-25,34H,7,11-14,16H2,1-2H3,(H,31,36)/b8-4-/t20-,22-,23+,24-,25-,29+/m1/s1. The average molecular weight is 617 g/mol. The van der Waals surface area contributed by atoms with Crippen LogP contribution in [-0.4, -0.2) is 88.7 Å². The predicted octanol–water partition coefficient (Wildman–Crippen LogP) is 1.84. The zero-order chi connectivity index (χ0) is 28.6. The highest BCUT2D eigenvalue weighted by Crippen LogP contribution is 2.58. The van der Waals surface area contributed by atoms with Gasteiger partial charge in [-0.05, 0) is 31.9 Å². The first-order valence-electron chi connectivity index (χ1n) is 13.6. The van der Waals surface area contributed by atoms with Gasteiger partial charge in [-0.15, -0.1) is 0 Å². The lowest BCUT2D eigenvalue weighted by molar-refractivity contribution is -0.149. The van der Waals surface area contributed by atoms with E-state index in [2.05, 4.69) is 21.2 Å². The number of aliphatic hydroxyl groups excluding tert-OH is 1. The third kappa shape index (κ3) is 4.88. The maximum Gasteiger partial charge on any atom is 0.306 e. The first-order valence-corrected chi connectivity index (χ1v) is 14.4. The van der Waals surface area contributed by atoms with Crippen LogP contribution in [0.15, 0.2) is 53.0 Å². The Balaban J connectivity index is 1.58. The highest BCUT2D eigenvalue weighted by molar-refractivity contribution is 9.11. The highest BCUT2D eigenvalue weighted by Gasteiger charge is 2.74. The molecule has 4 aliphatic rings. The number of aliphatic hydroxyl groups is 1. The second kappa shape index (κ2) is 11.5. The Kier molecular flexibility index (Phi) is 8.17. The third-order valence-corrected chi connectivity index (χ3v) is 8.80. The molecular formula is C29H34BrN3O7. The van der Waals surface area contributed by atoms with Crippen LogP contribution in [0.4, 0.5) is 0 Å². The number of β-amino-alcohol motifs (C(OH)–C–C–N with tert-alkyl or cyclic N) is 1. The third-order valence-electron chi connectivity index (χ3n) is 8.12. The molecule has 6 atom stereocenters. The molecule has 2 fully saturated rings. The Morgan fingerprint density at radius 1 is 1.12 bits per heavy atom. The van der Waals surface area contributed by atoms with Crippen LogP contribution in [-0.2, 0) is 28.7 Å². The summed E-state index contributed by atoms with van der Waals surface area (Å²) < 4.78 is 12.6. The maximum atomic E-state index is 14.2. The van der Waals surface area contributed by atoms with Crippen LogP contribution in [0.2, 0.25) is 0 Å². The van der Waals surface area contributed by atoms with Crippen LogP contribution < -0.4 is 5.32 Å². The largest absolute Gasteiger partial charge is 0.463 e. The van der Waals surface area contributed by atoms with Gasteiger partial charge in [0.05, 0.1) is 24.5 Å². The molecule has 214 valence electrons. The molecule has 2 N–H and O–H groups in total. The van der Waals surface area contributed by atoms with E-state index in [4.69, 9.17) is 9.47 Å². The summed E-state index contributed by atoms with van der Waals surface area (Å²) in [6.07, 6.45) is 5.23. The summed E-state index contributed by atoms with van der Waals surface area (Å²) >= 11 is 3.54. The SMILES string of the molecule is CC(C)N1C/C=C\CCC(=O)OC[C@H](c2ccccc2)NC(=O)[C@H]2[C@@H]3O[C@@]4(C=C3Br)[C@@H]2C(=O)N(CCO)[C@@H]4C1=O. The highest BCUT2D eigenvalue weighted by atomic mass is 79.9. The monoisotopic (exact) mass is 615 g/mol. The van der Waals surface area contributed by atoms with Crippen molar-refractivity contribution < 1.29 is 33.8 Å². The number of esters is 1. The molecule has 4 heterocycles. The van der Waals surface area contributed by atoms with E-state index in [9.17, 15) is 24.3 Å². The molecule has 0 aromatic heterocycles. The van der Waals surface area contributed by atoms with E-state index in [0.29, 0.717) is 10.9 Å².